The SMILES string of the molecule is Cn1cccc1[C@@H]1CCCCCN1C(=O)c1cncc(Br)c1. The Balaban J connectivity index is 1.94. The number of rotatable bonds is 2. The topological polar surface area (TPSA) is 38.1 Å². The number of pyridine rings is 1. The van der Waals surface area contributed by atoms with Gasteiger partial charge >= 0.3 is 0 Å². The van der Waals surface area contributed by atoms with E-state index in [0.29, 0.717) is 5.56 Å². The van der Waals surface area contributed by atoms with Crippen LogP contribution in [0.3, 0.4) is 0 Å². The average Bonchev–Trinajstić information content (AvgIpc) is 2.80. The summed E-state index contributed by atoms with van der Waals surface area (Å²) in [6.45, 7) is 0.807. The summed E-state index contributed by atoms with van der Waals surface area (Å²) in [5, 5.41) is 0. The number of carbonyl (C=O) groups excluding carboxylic acids is 1. The second-order valence-electron chi connectivity index (χ2n) is 5.80. The van der Waals surface area contributed by atoms with Crippen LogP contribution in [-0.4, -0.2) is 26.9 Å². The van der Waals surface area contributed by atoms with Crippen molar-refractivity contribution in [2.24, 2.45) is 7.05 Å². The van der Waals surface area contributed by atoms with Gasteiger partial charge in [0.05, 0.1) is 11.6 Å². The molecule has 0 aliphatic carbocycles. The van der Waals surface area contributed by atoms with E-state index in [2.05, 4.69) is 31.5 Å². The maximum Gasteiger partial charge on any atom is 0.256 e. The quantitative estimate of drug-likeness (QED) is 0.812. The lowest BCUT2D eigenvalue weighted by Crippen LogP contribution is -2.35. The van der Waals surface area contributed by atoms with Gasteiger partial charge in [-0.1, -0.05) is 12.8 Å². The summed E-state index contributed by atoms with van der Waals surface area (Å²) >= 11 is 3.40. The van der Waals surface area contributed by atoms with Crippen LogP contribution in [0.25, 0.3) is 0 Å². The van der Waals surface area contributed by atoms with Crippen molar-refractivity contribution in [3.05, 3.63) is 52.5 Å². The van der Waals surface area contributed by atoms with Crippen molar-refractivity contribution in [2.75, 3.05) is 6.54 Å². The number of aryl methyl sites for hydroxylation is 1. The number of carbonyl (C=O) groups is 1. The predicted molar refractivity (Wildman–Crippen MR) is 89.6 cm³/mol. The van der Waals surface area contributed by atoms with Crippen molar-refractivity contribution in [3.8, 4) is 0 Å². The van der Waals surface area contributed by atoms with Gasteiger partial charge in [-0.3, -0.25) is 9.78 Å². The van der Waals surface area contributed by atoms with E-state index in [4.69, 9.17) is 0 Å². The molecule has 3 heterocycles. The molecule has 5 heteroatoms. The molecule has 0 spiro atoms. The maximum atomic E-state index is 13.0. The number of halogens is 1. The van der Waals surface area contributed by atoms with Crippen molar-refractivity contribution in [3.63, 3.8) is 0 Å². The standard InChI is InChI=1S/C17H20BrN3O/c1-20-8-5-7-15(20)16-6-3-2-4-9-21(16)17(22)13-10-14(18)12-19-11-13/h5,7-8,10-12,16H,2-4,6,9H2,1H3/t16-/m0/s1. The molecule has 116 valence electrons. The molecule has 22 heavy (non-hydrogen) atoms. The molecule has 1 saturated heterocycles. The second-order valence-corrected chi connectivity index (χ2v) is 6.72. The smallest absolute Gasteiger partial charge is 0.256 e. The molecule has 2 aromatic heterocycles. The van der Waals surface area contributed by atoms with Gasteiger partial charge in [-0.15, -0.1) is 0 Å². The van der Waals surface area contributed by atoms with Gasteiger partial charge in [-0.2, -0.15) is 0 Å². The number of hydrogen-bond donors (Lipinski definition) is 0. The summed E-state index contributed by atoms with van der Waals surface area (Å²) in [5.41, 5.74) is 1.86. The summed E-state index contributed by atoms with van der Waals surface area (Å²) in [6, 6.07) is 6.16. The van der Waals surface area contributed by atoms with Crippen LogP contribution in [0, 0.1) is 0 Å². The molecule has 0 aromatic carbocycles. The molecule has 3 rings (SSSR count). The molecular formula is C17H20BrN3O. The van der Waals surface area contributed by atoms with Crippen LogP contribution in [-0.2, 0) is 7.05 Å². The van der Waals surface area contributed by atoms with E-state index >= 15 is 0 Å². The largest absolute Gasteiger partial charge is 0.353 e. The summed E-state index contributed by atoms with van der Waals surface area (Å²) < 4.78 is 2.96. The monoisotopic (exact) mass is 361 g/mol. The van der Waals surface area contributed by atoms with Crippen LogP contribution in [0.5, 0.6) is 0 Å². The molecule has 4 nitrogen and oxygen atoms in total. The van der Waals surface area contributed by atoms with Crippen LogP contribution in [0.1, 0.15) is 47.8 Å². The average molecular weight is 362 g/mol. The first-order valence-electron chi connectivity index (χ1n) is 7.69. The van der Waals surface area contributed by atoms with Crippen molar-refractivity contribution < 1.29 is 4.79 Å². The third kappa shape index (κ3) is 3.09. The Morgan fingerprint density at radius 3 is 2.91 bits per heavy atom. The third-order valence-electron chi connectivity index (χ3n) is 4.29. The molecule has 2 aromatic rings. The first-order chi connectivity index (χ1) is 10.7. The van der Waals surface area contributed by atoms with Gasteiger partial charge < -0.3 is 9.47 Å². The van der Waals surface area contributed by atoms with E-state index in [1.807, 2.05) is 30.3 Å². The van der Waals surface area contributed by atoms with Crippen LogP contribution >= 0.6 is 15.9 Å². The van der Waals surface area contributed by atoms with E-state index in [0.717, 1.165) is 30.3 Å². The van der Waals surface area contributed by atoms with E-state index in [9.17, 15) is 4.79 Å². The summed E-state index contributed by atoms with van der Waals surface area (Å²) in [4.78, 5) is 19.1. The fourth-order valence-electron chi connectivity index (χ4n) is 3.17. The molecule has 1 amide bonds. The van der Waals surface area contributed by atoms with Gasteiger partial charge in [0.15, 0.2) is 0 Å². The van der Waals surface area contributed by atoms with Crippen molar-refractivity contribution in [1.29, 1.82) is 0 Å². The lowest BCUT2D eigenvalue weighted by Gasteiger charge is -2.30. The highest BCUT2D eigenvalue weighted by Crippen LogP contribution is 2.31. The van der Waals surface area contributed by atoms with E-state index in [1.165, 1.54) is 12.1 Å². The number of amides is 1. The zero-order valence-electron chi connectivity index (χ0n) is 12.7. The number of aromatic nitrogens is 2. The van der Waals surface area contributed by atoms with Gasteiger partial charge in [-0.25, -0.2) is 0 Å². The molecular weight excluding hydrogens is 342 g/mol. The molecule has 0 N–H and O–H groups in total. The molecule has 0 radical (unpaired) electrons. The molecule has 1 fully saturated rings. The van der Waals surface area contributed by atoms with Crippen LogP contribution in [0.4, 0.5) is 0 Å². The highest BCUT2D eigenvalue weighted by atomic mass is 79.9. The second kappa shape index (κ2) is 6.65. The Morgan fingerprint density at radius 1 is 1.32 bits per heavy atom. The Morgan fingerprint density at radius 2 is 2.18 bits per heavy atom. The normalized spacial score (nSPS) is 19.0. The molecule has 1 aliphatic heterocycles. The Bertz CT molecular complexity index is 667. The maximum absolute atomic E-state index is 13.0. The van der Waals surface area contributed by atoms with Crippen molar-refractivity contribution >= 4 is 21.8 Å². The van der Waals surface area contributed by atoms with E-state index in [-0.39, 0.29) is 11.9 Å². The molecule has 1 aliphatic rings. The van der Waals surface area contributed by atoms with Crippen molar-refractivity contribution in [1.82, 2.24) is 14.5 Å². The minimum atomic E-state index is 0.0712. The Labute approximate surface area is 139 Å². The Hall–Kier alpha value is -1.62. The van der Waals surface area contributed by atoms with E-state index < -0.39 is 0 Å². The number of likely N-dealkylation sites (tertiary alicyclic amines) is 1. The fraction of sp³-hybridized carbons (Fsp3) is 0.412. The fourth-order valence-corrected chi connectivity index (χ4v) is 3.54. The minimum Gasteiger partial charge on any atom is -0.353 e. The van der Waals surface area contributed by atoms with Gasteiger partial charge in [0.1, 0.15) is 0 Å². The third-order valence-corrected chi connectivity index (χ3v) is 4.72. The summed E-state index contributed by atoms with van der Waals surface area (Å²) in [6.07, 6.45) is 9.83. The van der Waals surface area contributed by atoms with Gasteiger partial charge in [0.25, 0.3) is 5.91 Å². The first kappa shape index (κ1) is 15.3. The van der Waals surface area contributed by atoms with Gasteiger partial charge in [0, 0.05) is 42.3 Å². The van der Waals surface area contributed by atoms with Gasteiger partial charge in [-0.05, 0) is 47.0 Å². The van der Waals surface area contributed by atoms with Crippen molar-refractivity contribution in [2.45, 2.75) is 31.7 Å². The lowest BCUT2D eigenvalue weighted by atomic mass is 10.1. The van der Waals surface area contributed by atoms with E-state index in [1.54, 1.807) is 12.4 Å². The minimum absolute atomic E-state index is 0.0712. The zero-order valence-corrected chi connectivity index (χ0v) is 14.3. The molecule has 0 unspecified atom stereocenters. The predicted octanol–water partition coefficient (Wildman–Crippen LogP) is 3.94. The highest BCUT2D eigenvalue weighted by molar-refractivity contribution is 9.10. The highest BCUT2D eigenvalue weighted by Gasteiger charge is 2.29. The van der Waals surface area contributed by atoms with Crippen LogP contribution in [0.2, 0.25) is 0 Å². The number of nitrogens with zero attached hydrogens (tertiary/aromatic N) is 3. The summed E-state index contributed by atoms with van der Waals surface area (Å²) in [5.74, 6) is 0.0712. The molecule has 0 saturated carbocycles. The molecule has 1 atom stereocenters. The molecule has 0 bridgehead atoms. The van der Waals surface area contributed by atoms with Crippen LogP contribution < -0.4 is 0 Å². The summed E-state index contributed by atoms with van der Waals surface area (Å²) in [7, 11) is 2.05. The van der Waals surface area contributed by atoms with Crippen LogP contribution in [0.15, 0.2) is 41.3 Å². The first-order valence-corrected chi connectivity index (χ1v) is 8.49. The van der Waals surface area contributed by atoms with Gasteiger partial charge in [0.2, 0.25) is 0 Å². The number of hydrogen-bond acceptors (Lipinski definition) is 2. The lowest BCUT2D eigenvalue weighted by molar-refractivity contribution is 0.0674. The zero-order chi connectivity index (χ0) is 15.5. The Kier molecular flexibility index (Phi) is 4.62.